The fourth-order valence-electron chi connectivity index (χ4n) is 1.36. The third kappa shape index (κ3) is 2.76. The Kier molecular flexibility index (Phi) is 2.97. The van der Waals surface area contributed by atoms with E-state index in [-0.39, 0.29) is 5.78 Å². The molecule has 0 radical (unpaired) electrons. The van der Waals surface area contributed by atoms with E-state index in [1.54, 1.807) is 23.7 Å². The fraction of sp³-hybridized carbons (Fsp3) is 0.273. The van der Waals surface area contributed by atoms with E-state index >= 15 is 0 Å². The summed E-state index contributed by atoms with van der Waals surface area (Å²) >= 11 is 1.57. The van der Waals surface area contributed by atoms with Crippen LogP contribution in [0.3, 0.4) is 0 Å². The maximum absolute atomic E-state index is 11.6. The Morgan fingerprint density at radius 1 is 1.53 bits per heavy atom. The normalized spacial score (nSPS) is 10.5. The van der Waals surface area contributed by atoms with Gasteiger partial charge in [0.2, 0.25) is 0 Å². The van der Waals surface area contributed by atoms with Crippen LogP contribution in [-0.4, -0.2) is 10.8 Å². The maximum Gasteiger partial charge on any atom is 0.146 e. The second kappa shape index (κ2) is 4.40. The Hall–Kier alpha value is -1.42. The van der Waals surface area contributed by atoms with E-state index in [2.05, 4.69) is 4.98 Å². The van der Waals surface area contributed by atoms with Crippen LogP contribution in [0.25, 0.3) is 0 Å². The average Bonchev–Trinajstić information content (AvgIpc) is 2.77. The first-order valence-electron chi connectivity index (χ1n) is 4.69. The van der Waals surface area contributed by atoms with Crippen molar-refractivity contribution in [2.75, 3.05) is 0 Å². The van der Waals surface area contributed by atoms with Crippen LogP contribution in [0.5, 0.6) is 0 Å². The Morgan fingerprint density at radius 2 is 2.40 bits per heavy atom. The largest absolute Gasteiger partial charge is 0.469 e. The van der Waals surface area contributed by atoms with Gasteiger partial charge in [-0.1, -0.05) is 0 Å². The molecule has 0 fully saturated rings. The van der Waals surface area contributed by atoms with E-state index in [0.29, 0.717) is 18.6 Å². The summed E-state index contributed by atoms with van der Waals surface area (Å²) in [7, 11) is 0. The third-order valence-electron chi connectivity index (χ3n) is 2.00. The summed E-state index contributed by atoms with van der Waals surface area (Å²) in [5.74, 6) is 0.849. The standard InChI is InChI=1S/C11H11NO2S/c1-8-12-9(7-15-8)5-10(13)6-11-3-2-4-14-11/h2-4,7H,5-6H2,1H3. The van der Waals surface area contributed by atoms with Crippen LogP contribution < -0.4 is 0 Å². The lowest BCUT2D eigenvalue weighted by Gasteiger charge is -1.95. The number of furan rings is 1. The molecule has 2 aromatic heterocycles. The van der Waals surface area contributed by atoms with Crippen LogP contribution in [0.1, 0.15) is 16.5 Å². The molecule has 2 aromatic rings. The number of Topliss-reactive ketones (excluding diaryl/α,β-unsaturated/α-hetero) is 1. The quantitative estimate of drug-likeness (QED) is 0.796. The van der Waals surface area contributed by atoms with Gasteiger partial charge in [0.15, 0.2) is 0 Å². The second-order valence-electron chi connectivity index (χ2n) is 3.33. The van der Waals surface area contributed by atoms with Gasteiger partial charge in [-0.3, -0.25) is 4.79 Å². The van der Waals surface area contributed by atoms with Gasteiger partial charge in [-0.05, 0) is 19.1 Å². The minimum Gasteiger partial charge on any atom is -0.469 e. The highest BCUT2D eigenvalue weighted by Crippen LogP contribution is 2.10. The Labute approximate surface area is 91.8 Å². The molecule has 15 heavy (non-hydrogen) atoms. The van der Waals surface area contributed by atoms with Crippen LogP contribution in [0.4, 0.5) is 0 Å². The smallest absolute Gasteiger partial charge is 0.146 e. The van der Waals surface area contributed by atoms with Gasteiger partial charge < -0.3 is 4.42 Å². The van der Waals surface area contributed by atoms with Gasteiger partial charge in [0.05, 0.1) is 23.4 Å². The number of carbonyl (C=O) groups excluding carboxylic acids is 1. The zero-order valence-corrected chi connectivity index (χ0v) is 9.21. The number of hydrogen-bond acceptors (Lipinski definition) is 4. The molecule has 0 N–H and O–H groups in total. The highest BCUT2D eigenvalue weighted by Gasteiger charge is 2.08. The van der Waals surface area contributed by atoms with Crippen LogP contribution >= 0.6 is 11.3 Å². The van der Waals surface area contributed by atoms with Crippen molar-refractivity contribution < 1.29 is 9.21 Å². The summed E-state index contributed by atoms with van der Waals surface area (Å²) in [4.78, 5) is 15.8. The van der Waals surface area contributed by atoms with Gasteiger partial charge in [-0.2, -0.15) is 0 Å². The minimum absolute atomic E-state index is 0.134. The minimum atomic E-state index is 0.134. The lowest BCUT2D eigenvalue weighted by Crippen LogP contribution is -2.06. The first kappa shape index (κ1) is 10.1. The average molecular weight is 221 g/mol. The van der Waals surface area contributed by atoms with Crippen LogP contribution in [-0.2, 0) is 17.6 Å². The molecular weight excluding hydrogens is 210 g/mol. The number of ketones is 1. The Morgan fingerprint density at radius 3 is 3.00 bits per heavy atom. The van der Waals surface area contributed by atoms with Crippen molar-refractivity contribution in [3.8, 4) is 0 Å². The summed E-state index contributed by atoms with van der Waals surface area (Å²) in [5, 5.41) is 2.92. The summed E-state index contributed by atoms with van der Waals surface area (Å²) in [6, 6.07) is 3.60. The third-order valence-corrected chi connectivity index (χ3v) is 2.82. The summed E-state index contributed by atoms with van der Waals surface area (Å²) in [6.45, 7) is 1.94. The zero-order chi connectivity index (χ0) is 10.7. The van der Waals surface area contributed by atoms with E-state index in [1.165, 1.54) is 0 Å². The zero-order valence-electron chi connectivity index (χ0n) is 8.40. The molecule has 0 amide bonds. The van der Waals surface area contributed by atoms with Crippen molar-refractivity contribution in [3.63, 3.8) is 0 Å². The van der Waals surface area contributed by atoms with Gasteiger partial charge in [-0.25, -0.2) is 4.98 Å². The van der Waals surface area contributed by atoms with Gasteiger partial charge in [0.25, 0.3) is 0 Å². The van der Waals surface area contributed by atoms with Gasteiger partial charge in [-0.15, -0.1) is 11.3 Å². The van der Waals surface area contributed by atoms with Crippen LogP contribution in [0, 0.1) is 6.92 Å². The molecule has 2 rings (SSSR count). The molecule has 3 nitrogen and oxygen atoms in total. The van der Waals surface area contributed by atoms with Crippen molar-refractivity contribution in [2.24, 2.45) is 0 Å². The molecule has 0 aliphatic heterocycles. The summed E-state index contributed by atoms with van der Waals surface area (Å²) in [5.41, 5.74) is 0.856. The second-order valence-corrected chi connectivity index (χ2v) is 4.39. The Balaban J connectivity index is 1.93. The topological polar surface area (TPSA) is 43.1 Å². The van der Waals surface area contributed by atoms with Crippen molar-refractivity contribution in [1.82, 2.24) is 4.98 Å². The first-order chi connectivity index (χ1) is 7.24. The number of thiazole rings is 1. The van der Waals surface area contributed by atoms with Crippen molar-refractivity contribution in [1.29, 1.82) is 0 Å². The van der Waals surface area contributed by atoms with E-state index in [4.69, 9.17) is 4.42 Å². The molecule has 0 aliphatic carbocycles. The van der Waals surface area contributed by atoms with Gasteiger partial charge >= 0.3 is 0 Å². The number of carbonyl (C=O) groups is 1. The lowest BCUT2D eigenvalue weighted by atomic mass is 10.1. The van der Waals surface area contributed by atoms with Crippen molar-refractivity contribution in [3.05, 3.63) is 40.2 Å². The summed E-state index contributed by atoms with van der Waals surface area (Å²) in [6.07, 6.45) is 2.32. The van der Waals surface area contributed by atoms with Gasteiger partial charge in [0.1, 0.15) is 11.5 Å². The molecule has 0 aliphatic rings. The fourth-order valence-corrected chi connectivity index (χ4v) is 1.97. The van der Waals surface area contributed by atoms with E-state index in [1.807, 2.05) is 18.4 Å². The monoisotopic (exact) mass is 221 g/mol. The molecule has 2 heterocycles. The molecule has 78 valence electrons. The molecule has 0 atom stereocenters. The molecule has 4 heteroatoms. The van der Waals surface area contributed by atoms with Crippen LogP contribution in [0.2, 0.25) is 0 Å². The van der Waals surface area contributed by atoms with E-state index in [0.717, 1.165) is 10.7 Å². The van der Waals surface area contributed by atoms with Crippen molar-refractivity contribution in [2.45, 2.75) is 19.8 Å². The highest BCUT2D eigenvalue weighted by molar-refractivity contribution is 7.09. The molecule has 0 bridgehead atoms. The maximum atomic E-state index is 11.6. The predicted molar refractivity (Wildman–Crippen MR) is 58.0 cm³/mol. The molecule has 0 saturated carbocycles. The molecule has 0 unspecified atom stereocenters. The van der Waals surface area contributed by atoms with Gasteiger partial charge in [0, 0.05) is 11.8 Å². The van der Waals surface area contributed by atoms with Crippen LogP contribution in [0.15, 0.2) is 28.2 Å². The van der Waals surface area contributed by atoms with E-state index in [9.17, 15) is 4.79 Å². The number of aromatic nitrogens is 1. The SMILES string of the molecule is Cc1nc(CC(=O)Cc2ccco2)cs1. The summed E-state index contributed by atoms with van der Waals surface area (Å²) < 4.78 is 5.11. The Bertz CT molecular complexity index is 445. The molecule has 0 aromatic carbocycles. The predicted octanol–water partition coefficient (Wildman–Crippen LogP) is 2.40. The highest BCUT2D eigenvalue weighted by atomic mass is 32.1. The first-order valence-corrected chi connectivity index (χ1v) is 5.57. The number of hydrogen-bond donors (Lipinski definition) is 0. The molecular formula is C11H11NO2S. The van der Waals surface area contributed by atoms with E-state index < -0.39 is 0 Å². The molecule has 0 spiro atoms. The molecule has 0 saturated heterocycles. The lowest BCUT2D eigenvalue weighted by molar-refractivity contribution is -0.118. The number of aryl methyl sites for hydroxylation is 1. The van der Waals surface area contributed by atoms with Crippen molar-refractivity contribution >= 4 is 17.1 Å². The number of nitrogens with zero attached hydrogens (tertiary/aromatic N) is 1. The number of rotatable bonds is 4.